The summed E-state index contributed by atoms with van der Waals surface area (Å²) in [5.41, 5.74) is 5.59. The lowest BCUT2D eigenvalue weighted by atomic mass is 10.3. The van der Waals surface area contributed by atoms with Gasteiger partial charge in [0.25, 0.3) is 0 Å². The van der Waals surface area contributed by atoms with E-state index in [0.717, 1.165) is 0 Å². The van der Waals surface area contributed by atoms with Crippen LogP contribution in [0.3, 0.4) is 0 Å². The van der Waals surface area contributed by atoms with Crippen molar-refractivity contribution in [3.63, 3.8) is 0 Å². The number of hydrogen-bond acceptors (Lipinski definition) is 4. The third-order valence-electron chi connectivity index (χ3n) is 1.96. The van der Waals surface area contributed by atoms with Gasteiger partial charge in [0, 0.05) is 6.07 Å². The van der Waals surface area contributed by atoms with Crippen molar-refractivity contribution >= 4 is 11.7 Å². The van der Waals surface area contributed by atoms with Crippen LogP contribution in [-0.2, 0) is 6.54 Å². The smallest absolute Gasteiger partial charge is 0.389 e. The van der Waals surface area contributed by atoms with Gasteiger partial charge in [-0.15, -0.1) is 0 Å². The summed E-state index contributed by atoms with van der Waals surface area (Å²) in [4.78, 5) is 15.5. The van der Waals surface area contributed by atoms with Gasteiger partial charge in [-0.2, -0.15) is 0 Å². The molecule has 0 fully saturated rings. The summed E-state index contributed by atoms with van der Waals surface area (Å²) in [6.45, 7) is 0.132. The molecule has 0 radical (unpaired) electrons. The zero-order valence-electron chi connectivity index (χ0n) is 8.34. The minimum Gasteiger partial charge on any atom is -1.00 e. The summed E-state index contributed by atoms with van der Waals surface area (Å²) in [7, 11) is 0. The third kappa shape index (κ3) is 2.66. The highest BCUT2D eigenvalue weighted by Gasteiger charge is 2.13. The second kappa shape index (κ2) is 5.41. The van der Waals surface area contributed by atoms with Crippen LogP contribution in [0.4, 0.5) is 5.95 Å². The molecule has 84 valence electrons. The SMILES string of the molecule is Nc1nccc[n+]1CC(=O)c1ccco1.[Br-]. The number of anilines is 1. The number of aromatic nitrogens is 2. The molecule has 0 spiro atoms. The highest BCUT2D eigenvalue weighted by molar-refractivity contribution is 5.92. The van der Waals surface area contributed by atoms with Crippen LogP contribution < -0.4 is 27.3 Å². The molecule has 2 aromatic rings. The fourth-order valence-corrected chi connectivity index (χ4v) is 1.22. The van der Waals surface area contributed by atoms with Crippen LogP contribution in [0, 0.1) is 0 Å². The van der Waals surface area contributed by atoms with E-state index in [9.17, 15) is 4.79 Å². The predicted molar refractivity (Wildman–Crippen MR) is 51.9 cm³/mol. The lowest BCUT2D eigenvalue weighted by molar-refractivity contribution is -0.671. The normalized spacial score (nSPS) is 9.50. The highest BCUT2D eigenvalue weighted by Crippen LogP contribution is 2.01. The van der Waals surface area contributed by atoms with Crippen LogP contribution >= 0.6 is 0 Å². The molecule has 0 aliphatic heterocycles. The van der Waals surface area contributed by atoms with E-state index < -0.39 is 0 Å². The van der Waals surface area contributed by atoms with Crippen molar-refractivity contribution in [2.45, 2.75) is 6.54 Å². The van der Waals surface area contributed by atoms with Crippen LogP contribution in [0.1, 0.15) is 10.6 Å². The van der Waals surface area contributed by atoms with Crippen molar-refractivity contribution < 1.29 is 30.8 Å². The van der Waals surface area contributed by atoms with Crippen molar-refractivity contribution in [3.8, 4) is 0 Å². The number of Topliss-reactive ketones (excluding diaryl/α,β-unsaturated/α-hetero) is 1. The predicted octanol–water partition coefficient (Wildman–Crippen LogP) is -2.57. The van der Waals surface area contributed by atoms with Crippen LogP contribution in [0.2, 0.25) is 0 Å². The van der Waals surface area contributed by atoms with Crippen molar-refractivity contribution in [1.29, 1.82) is 0 Å². The Kier molecular flexibility index (Phi) is 4.19. The van der Waals surface area contributed by atoms with Crippen molar-refractivity contribution in [2.75, 3.05) is 5.73 Å². The molecular weight excluding hydrogens is 274 g/mol. The molecule has 0 aromatic carbocycles. The molecule has 0 saturated heterocycles. The molecule has 2 heterocycles. The summed E-state index contributed by atoms with van der Waals surface area (Å²) in [6, 6.07) is 5.01. The van der Waals surface area contributed by atoms with E-state index in [-0.39, 0.29) is 29.3 Å². The molecule has 2 aromatic heterocycles. The van der Waals surface area contributed by atoms with Gasteiger partial charge in [-0.1, -0.05) is 4.98 Å². The van der Waals surface area contributed by atoms with Crippen LogP contribution in [0.5, 0.6) is 0 Å². The number of halogens is 1. The number of nitrogen functional groups attached to an aromatic ring is 1. The monoisotopic (exact) mass is 283 g/mol. The molecule has 0 saturated carbocycles. The fraction of sp³-hybridized carbons (Fsp3) is 0.100. The van der Waals surface area contributed by atoms with Gasteiger partial charge in [-0.25, -0.2) is 4.57 Å². The van der Waals surface area contributed by atoms with E-state index in [0.29, 0.717) is 11.7 Å². The van der Waals surface area contributed by atoms with Gasteiger partial charge >= 0.3 is 5.95 Å². The van der Waals surface area contributed by atoms with E-state index in [1.54, 1.807) is 35.2 Å². The second-order valence-corrected chi connectivity index (χ2v) is 3.01. The Bertz CT molecular complexity index is 471. The second-order valence-electron chi connectivity index (χ2n) is 3.01. The maximum absolute atomic E-state index is 11.6. The van der Waals surface area contributed by atoms with E-state index >= 15 is 0 Å². The number of rotatable bonds is 3. The Labute approximate surface area is 103 Å². The van der Waals surface area contributed by atoms with Gasteiger partial charge in [0.05, 0.1) is 12.5 Å². The first-order chi connectivity index (χ1) is 7.27. The summed E-state index contributed by atoms with van der Waals surface area (Å²) in [5, 5.41) is 0. The van der Waals surface area contributed by atoms with Crippen LogP contribution in [0.25, 0.3) is 0 Å². The van der Waals surface area contributed by atoms with E-state index in [1.807, 2.05) is 0 Å². The molecule has 6 heteroatoms. The lowest BCUT2D eigenvalue weighted by Gasteiger charge is -1.99. The highest BCUT2D eigenvalue weighted by atomic mass is 79.9. The molecule has 0 amide bonds. The zero-order chi connectivity index (χ0) is 10.7. The molecule has 0 aliphatic carbocycles. The average Bonchev–Trinajstić information content (AvgIpc) is 2.74. The van der Waals surface area contributed by atoms with Crippen molar-refractivity contribution in [1.82, 2.24) is 4.98 Å². The third-order valence-corrected chi connectivity index (χ3v) is 1.96. The first kappa shape index (κ1) is 12.4. The number of nitrogens with two attached hydrogens (primary N) is 1. The molecule has 2 rings (SSSR count). The lowest BCUT2D eigenvalue weighted by Crippen LogP contribution is -3.00. The van der Waals surface area contributed by atoms with Crippen molar-refractivity contribution in [3.05, 3.63) is 42.6 Å². The summed E-state index contributed by atoms with van der Waals surface area (Å²) >= 11 is 0. The van der Waals surface area contributed by atoms with E-state index in [2.05, 4.69) is 4.98 Å². The Hall–Kier alpha value is -1.69. The molecule has 0 bridgehead atoms. The van der Waals surface area contributed by atoms with Crippen molar-refractivity contribution in [2.24, 2.45) is 0 Å². The van der Waals surface area contributed by atoms with Crippen LogP contribution in [0.15, 0.2) is 41.3 Å². The number of furan rings is 1. The first-order valence-electron chi connectivity index (χ1n) is 4.44. The number of hydrogen-bond donors (Lipinski definition) is 1. The Morgan fingerprint density at radius 2 is 2.31 bits per heavy atom. The molecular formula is C10H10BrN3O2. The summed E-state index contributed by atoms with van der Waals surface area (Å²) < 4.78 is 6.54. The number of carbonyl (C=O) groups excluding carboxylic acids is 1. The van der Waals surface area contributed by atoms with E-state index in [1.165, 1.54) is 6.26 Å². The molecule has 0 unspecified atom stereocenters. The first-order valence-corrected chi connectivity index (χ1v) is 4.44. The summed E-state index contributed by atoms with van der Waals surface area (Å²) in [5.74, 6) is 0.493. The van der Waals surface area contributed by atoms with Gasteiger partial charge in [-0.3, -0.25) is 10.5 Å². The molecule has 16 heavy (non-hydrogen) atoms. The Balaban J connectivity index is 0.00000128. The van der Waals surface area contributed by atoms with Gasteiger partial charge in [0.1, 0.15) is 12.7 Å². The largest absolute Gasteiger partial charge is 1.00 e. The molecule has 2 N–H and O–H groups in total. The average molecular weight is 284 g/mol. The maximum atomic E-state index is 11.6. The zero-order valence-corrected chi connectivity index (χ0v) is 9.92. The maximum Gasteiger partial charge on any atom is 0.389 e. The van der Waals surface area contributed by atoms with Crippen LogP contribution in [-0.4, -0.2) is 10.8 Å². The minimum atomic E-state index is -0.135. The quantitative estimate of drug-likeness (QED) is 0.497. The molecule has 5 nitrogen and oxygen atoms in total. The van der Waals surface area contributed by atoms with Gasteiger partial charge in [0.2, 0.25) is 5.78 Å². The summed E-state index contributed by atoms with van der Waals surface area (Å²) in [6.07, 6.45) is 4.73. The topological polar surface area (TPSA) is 73.0 Å². The standard InChI is InChI=1S/C10H9N3O2.BrH/c11-10-12-4-2-5-13(10)7-8(14)9-3-1-6-15-9;/h1-6,11H,7H2;1H. The number of ketones is 1. The van der Waals surface area contributed by atoms with Gasteiger partial charge in [-0.05, 0) is 12.1 Å². The van der Waals surface area contributed by atoms with E-state index in [4.69, 9.17) is 10.2 Å². The minimum absolute atomic E-state index is 0. The number of carbonyl (C=O) groups is 1. The Morgan fingerprint density at radius 1 is 1.50 bits per heavy atom. The van der Waals surface area contributed by atoms with Gasteiger partial charge in [0.15, 0.2) is 5.76 Å². The van der Waals surface area contributed by atoms with Gasteiger partial charge < -0.3 is 21.4 Å². The molecule has 0 atom stereocenters. The Morgan fingerprint density at radius 3 is 2.94 bits per heavy atom. The fourth-order valence-electron chi connectivity index (χ4n) is 1.22. The number of nitrogens with zero attached hydrogens (tertiary/aromatic N) is 2. The molecule has 0 aliphatic rings.